The van der Waals surface area contributed by atoms with Gasteiger partial charge in [-0.3, -0.25) is 9.20 Å². The maximum atomic E-state index is 11.6. The number of benzene rings is 1. The molecule has 3 rings (SSSR count). The fraction of sp³-hybridized carbons (Fsp3) is 0.176. The molecule has 25 heavy (non-hydrogen) atoms. The Morgan fingerprint density at radius 3 is 2.88 bits per heavy atom. The molecule has 8 heteroatoms. The number of ether oxygens (including phenoxy) is 1. The van der Waals surface area contributed by atoms with Gasteiger partial charge in [-0.25, -0.2) is 4.98 Å². The lowest BCUT2D eigenvalue weighted by molar-refractivity contribution is -0.139. The Labute approximate surface area is 148 Å². The van der Waals surface area contributed by atoms with Crippen molar-refractivity contribution in [2.45, 2.75) is 13.3 Å². The van der Waals surface area contributed by atoms with Gasteiger partial charge in [-0.15, -0.1) is 10.2 Å². The Bertz CT molecular complexity index is 981. The van der Waals surface area contributed by atoms with Gasteiger partial charge in [0, 0.05) is 11.2 Å². The number of phenols is 1. The number of halogens is 1. The van der Waals surface area contributed by atoms with Crippen LogP contribution in [0.3, 0.4) is 0 Å². The monoisotopic (exact) mass is 358 g/mol. The van der Waals surface area contributed by atoms with Crippen molar-refractivity contribution in [1.29, 1.82) is 0 Å². The zero-order valence-corrected chi connectivity index (χ0v) is 14.4. The van der Waals surface area contributed by atoms with Crippen molar-refractivity contribution in [3.8, 4) is 5.75 Å². The van der Waals surface area contributed by atoms with Gasteiger partial charge in [0.2, 0.25) is 0 Å². The second kappa shape index (κ2) is 6.90. The molecule has 0 atom stereocenters. The van der Waals surface area contributed by atoms with Crippen LogP contribution in [0.25, 0.3) is 5.65 Å². The lowest BCUT2D eigenvalue weighted by Gasteiger charge is -2.01. The van der Waals surface area contributed by atoms with Crippen molar-refractivity contribution in [2.75, 3.05) is 7.11 Å². The van der Waals surface area contributed by atoms with Crippen LogP contribution in [-0.2, 0) is 16.0 Å². The highest BCUT2D eigenvalue weighted by atomic mass is 35.5. The number of methoxy groups -OCH3 is 1. The summed E-state index contributed by atoms with van der Waals surface area (Å²) < 4.78 is 6.43. The van der Waals surface area contributed by atoms with E-state index in [0.717, 1.165) is 5.56 Å². The summed E-state index contributed by atoms with van der Waals surface area (Å²) in [7, 11) is 1.31. The summed E-state index contributed by atoms with van der Waals surface area (Å²) in [6, 6.07) is 8.25. The summed E-state index contributed by atoms with van der Waals surface area (Å²) in [5.41, 5.74) is 2.32. The minimum Gasteiger partial charge on any atom is -0.506 e. The van der Waals surface area contributed by atoms with E-state index in [-0.39, 0.29) is 17.9 Å². The molecule has 0 spiro atoms. The summed E-state index contributed by atoms with van der Waals surface area (Å²) in [4.78, 5) is 16.1. The Balaban J connectivity index is 2.09. The summed E-state index contributed by atoms with van der Waals surface area (Å²) >= 11 is 5.92. The second-order valence-electron chi connectivity index (χ2n) is 5.40. The van der Waals surface area contributed by atoms with Crippen molar-refractivity contribution in [1.82, 2.24) is 9.38 Å². The number of nitrogens with zero attached hydrogens (tertiary/aromatic N) is 4. The number of aryl methyl sites for hydroxylation is 1. The molecule has 1 N–H and O–H groups in total. The normalized spacial score (nSPS) is 11.3. The van der Waals surface area contributed by atoms with Gasteiger partial charge in [-0.2, -0.15) is 0 Å². The number of rotatable bonds is 4. The molecule has 1 aromatic carbocycles. The molecule has 0 aliphatic carbocycles. The SMILES string of the molecule is COC(=O)Cc1nc2cc(C)ccn2c1N=Nc1cc(Cl)ccc1O. The molecule has 2 aromatic heterocycles. The zero-order valence-electron chi connectivity index (χ0n) is 13.6. The van der Waals surface area contributed by atoms with Gasteiger partial charge >= 0.3 is 5.97 Å². The van der Waals surface area contributed by atoms with E-state index in [2.05, 4.69) is 15.2 Å². The van der Waals surface area contributed by atoms with E-state index in [0.29, 0.717) is 22.2 Å². The quantitative estimate of drug-likeness (QED) is 0.561. The number of azo groups is 1. The zero-order chi connectivity index (χ0) is 18.0. The largest absolute Gasteiger partial charge is 0.506 e. The Kier molecular flexibility index (Phi) is 4.67. The molecule has 128 valence electrons. The van der Waals surface area contributed by atoms with Gasteiger partial charge < -0.3 is 9.84 Å². The number of phenolic OH excluding ortho intramolecular Hbond substituents is 1. The number of carbonyl (C=O) groups excluding carboxylic acids is 1. The molecule has 0 aliphatic rings. The summed E-state index contributed by atoms with van der Waals surface area (Å²) in [5, 5.41) is 18.5. The molecule has 0 saturated carbocycles. The molecule has 0 bridgehead atoms. The van der Waals surface area contributed by atoms with E-state index < -0.39 is 5.97 Å². The van der Waals surface area contributed by atoms with E-state index in [9.17, 15) is 9.90 Å². The van der Waals surface area contributed by atoms with Crippen molar-refractivity contribution in [3.05, 3.63) is 52.8 Å². The third-order valence-corrected chi connectivity index (χ3v) is 3.79. The number of hydrogen-bond donors (Lipinski definition) is 1. The first-order chi connectivity index (χ1) is 12.0. The lowest BCUT2D eigenvalue weighted by Crippen LogP contribution is -2.04. The number of pyridine rings is 1. The van der Waals surface area contributed by atoms with E-state index in [1.165, 1.54) is 19.2 Å². The third-order valence-electron chi connectivity index (χ3n) is 3.56. The van der Waals surface area contributed by atoms with Crippen LogP contribution in [0.15, 0.2) is 46.8 Å². The van der Waals surface area contributed by atoms with E-state index in [1.54, 1.807) is 16.7 Å². The third kappa shape index (κ3) is 3.61. The molecule has 0 unspecified atom stereocenters. The maximum Gasteiger partial charge on any atom is 0.311 e. The predicted octanol–water partition coefficient (Wildman–Crippen LogP) is 4.13. The number of esters is 1. The summed E-state index contributed by atoms with van der Waals surface area (Å²) in [6.07, 6.45) is 1.76. The minimum atomic E-state index is -0.429. The number of carbonyl (C=O) groups is 1. The lowest BCUT2D eigenvalue weighted by atomic mass is 10.3. The number of fused-ring (bicyclic) bond motifs is 1. The fourth-order valence-electron chi connectivity index (χ4n) is 2.29. The number of aromatic nitrogens is 2. The first-order valence-electron chi connectivity index (χ1n) is 7.42. The molecule has 0 aliphatic heterocycles. The first-order valence-corrected chi connectivity index (χ1v) is 7.80. The molecular formula is C17H15ClN4O3. The minimum absolute atomic E-state index is 0.0346. The van der Waals surface area contributed by atoms with Gasteiger partial charge in [-0.1, -0.05) is 11.6 Å². The van der Waals surface area contributed by atoms with Crippen LogP contribution in [0.1, 0.15) is 11.3 Å². The standard InChI is InChI=1S/C17H15ClN4O3/c1-10-5-6-22-15(7-10)19-13(9-16(24)25-2)17(22)21-20-12-8-11(18)3-4-14(12)23/h3-8,23H,9H2,1-2H3. The van der Waals surface area contributed by atoms with E-state index >= 15 is 0 Å². The first kappa shape index (κ1) is 16.9. The van der Waals surface area contributed by atoms with Crippen LogP contribution < -0.4 is 0 Å². The molecule has 2 heterocycles. The highest BCUT2D eigenvalue weighted by Gasteiger charge is 2.16. The van der Waals surface area contributed by atoms with E-state index in [1.807, 2.05) is 19.1 Å². The number of aromatic hydroxyl groups is 1. The fourth-order valence-corrected chi connectivity index (χ4v) is 2.46. The Morgan fingerprint density at radius 1 is 1.32 bits per heavy atom. The van der Waals surface area contributed by atoms with Crippen LogP contribution in [0.5, 0.6) is 5.75 Å². The highest BCUT2D eigenvalue weighted by molar-refractivity contribution is 6.30. The second-order valence-corrected chi connectivity index (χ2v) is 5.84. The van der Waals surface area contributed by atoms with Crippen molar-refractivity contribution in [3.63, 3.8) is 0 Å². The highest BCUT2D eigenvalue weighted by Crippen LogP contribution is 2.32. The molecular weight excluding hydrogens is 344 g/mol. The van der Waals surface area contributed by atoms with Crippen LogP contribution in [0, 0.1) is 6.92 Å². The van der Waals surface area contributed by atoms with Crippen LogP contribution in [-0.4, -0.2) is 27.6 Å². The number of imidazole rings is 1. The molecule has 0 radical (unpaired) electrons. The van der Waals surface area contributed by atoms with Crippen LogP contribution in [0.4, 0.5) is 11.5 Å². The topological polar surface area (TPSA) is 88.5 Å². The molecule has 7 nitrogen and oxygen atoms in total. The Morgan fingerprint density at radius 2 is 2.12 bits per heavy atom. The smallest absolute Gasteiger partial charge is 0.311 e. The van der Waals surface area contributed by atoms with Crippen molar-refractivity contribution >= 4 is 34.7 Å². The van der Waals surface area contributed by atoms with Crippen molar-refractivity contribution < 1.29 is 14.6 Å². The van der Waals surface area contributed by atoms with Gasteiger partial charge in [0.1, 0.15) is 17.1 Å². The summed E-state index contributed by atoms with van der Waals surface area (Å²) in [6.45, 7) is 1.94. The Hall–Kier alpha value is -2.93. The van der Waals surface area contributed by atoms with Gasteiger partial charge in [0.25, 0.3) is 0 Å². The average Bonchev–Trinajstić information content (AvgIpc) is 2.91. The molecule has 0 amide bonds. The van der Waals surface area contributed by atoms with Gasteiger partial charge in [-0.05, 0) is 42.8 Å². The van der Waals surface area contributed by atoms with Crippen LogP contribution in [0.2, 0.25) is 5.02 Å². The summed E-state index contributed by atoms with van der Waals surface area (Å²) in [5.74, 6) is -0.0886. The maximum absolute atomic E-state index is 11.6. The van der Waals surface area contributed by atoms with E-state index in [4.69, 9.17) is 16.3 Å². The molecule has 0 saturated heterocycles. The molecule has 3 aromatic rings. The molecule has 0 fully saturated rings. The number of hydrogen-bond acceptors (Lipinski definition) is 6. The van der Waals surface area contributed by atoms with Crippen LogP contribution >= 0.6 is 11.6 Å². The average molecular weight is 359 g/mol. The predicted molar refractivity (Wildman–Crippen MR) is 92.9 cm³/mol. The van der Waals surface area contributed by atoms with Crippen molar-refractivity contribution in [2.24, 2.45) is 10.2 Å². The van der Waals surface area contributed by atoms with Gasteiger partial charge in [0.05, 0.1) is 19.2 Å². The van der Waals surface area contributed by atoms with Gasteiger partial charge in [0.15, 0.2) is 5.82 Å².